The van der Waals surface area contributed by atoms with E-state index in [1.165, 1.54) is 0 Å². The lowest BCUT2D eigenvalue weighted by Crippen LogP contribution is -2.19. The van der Waals surface area contributed by atoms with E-state index in [1.807, 2.05) is 67.8 Å². The minimum Gasteiger partial charge on any atom is -0.308 e. The second-order valence-electron chi connectivity index (χ2n) is 5.03. The molecule has 23 heavy (non-hydrogen) atoms. The number of urea groups is 1. The molecular formula is C17H15BrN4O. The molecule has 116 valence electrons. The van der Waals surface area contributed by atoms with Crippen LogP contribution in [0.1, 0.15) is 0 Å². The first-order valence-corrected chi connectivity index (χ1v) is 7.84. The molecule has 3 aromatic rings. The number of nitrogens with one attached hydrogen (secondary N) is 2. The molecule has 0 aliphatic heterocycles. The summed E-state index contributed by atoms with van der Waals surface area (Å²) in [5, 5.41) is 10.0. The summed E-state index contributed by atoms with van der Waals surface area (Å²) in [5.74, 6) is 0. The summed E-state index contributed by atoms with van der Waals surface area (Å²) in [4.78, 5) is 12.0. The molecule has 0 saturated heterocycles. The number of para-hydroxylation sites is 1. The monoisotopic (exact) mass is 370 g/mol. The van der Waals surface area contributed by atoms with Gasteiger partial charge in [-0.05, 0) is 40.2 Å². The largest absolute Gasteiger partial charge is 0.323 e. The highest BCUT2D eigenvalue weighted by Gasteiger charge is 2.09. The number of aryl methyl sites for hydroxylation is 1. The van der Waals surface area contributed by atoms with Gasteiger partial charge in [-0.3, -0.25) is 4.68 Å². The Bertz CT molecular complexity index is 830. The fourth-order valence-electron chi connectivity index (χ4n) is 2.21. The van der Waals surface area contributed by atoms with Gasteiger partial charge in [-0.15, -0.1) is 0 Å². The zero-order valence-corrected chi connectivity index (χ0v) is 14.0. The first-order valence-electron chi connectivity index (χ1n) is 7.04. The Morgan fingerprint density at radius 1 is 1.04 bits per heavy atom. The number of hydrogen-bond donors (Lipinski definition) is 2. The van der Waals surface area contributed by atoms with Gasteiger partial charge in [-0.2, -0.15) is 5.10 Å². The maximum Gasteiger partial charge on any atom is 0.323 e. The summed E-state index contributed by atoms with van der Waals surface area (Å²) in [6.07, 6.45) is 1.89. The summed E-state index contributed by atoms with van der Waals surface area (Å²) in [6, 6.07) is 16.6. The molecule has 1 aromatic heterocycles. The Balaban J connectivity index is 1.75. The minimum atomic E-state index is -0.284. The molecule has 3 rings (SSSR count). The molecule has 0 spiro atoms. The lowest BCUT2D eigenvalue weighted by Gasteiger charge is -2.08. The van der Waals surface area contributed by atoms with E-state index in [1.54, 1.807) is 4.68 Å². The third-order valence-corrected chi connectivity index (χ3v) is 3.79. The van der Waals surface area contributed by atoms with Gasteiger partial charge < -0.3 is 10.6 Å². The Morgan fingerprint density at radius 2 is 1.74 bits per heavy atom. The van der Waals surface area contributed by atoms with E-state index in [4.69, 9.17) is 0 Å². The van der Waals surface area contributed by atoms with E-state index in [-0.39, 0.29) is 6.03 Å². The van der Waals surface area contributed by atoms with Crippen molar-refractivity contribution in [3.63, 3.8) is 0 Å². The number of aromatic nitrogens is 2. The maximum absolute atomic E-state index is 12.0. The molecule has 0 unspecified atom stereocenters. The molecule has 0 radical (unpaired) electrons. The van der Waals surface area contributed by atoms with Crippen molar-refractivity contribution in [2.45, 2.75) is 0 Å². The Labute approximate surface area is 142 Å². The van der Waals surface area contributed by atoms with Gasteiger partial charge in [0.05, 0.1) is 4.47 Å². The first-order chi connectivity index (χ1) is 11.1. The number of anilines is 2. The second kappa shape index (κ2) is 6.66. The molecule has 2 aromatic carbocycles. The third kappa shape index (κ3) is 3.78. The van der Waals surface area contributed by atoms with Gasteiger partial charge in [0.15, 0.2) is 0 Å². The van der Waals surface area contributed by atoms with Crippen LogP contribution in [0, 0.1) is 0 Å². The second-order valence-corrected chi connectivity index (χ2v) is 5.88. The van der Waals surface area contributed by atoms with Crippen LogP contribution >= 0.6 is 15.9 Å². The van der Waals surface area contributed by atoms with E-state index in [2.05, 4.69) is 31.7 Å². The van der Waals surface area contributed by atoms with Crippen LogP contribution in [0.3, 0.4) is 0 Å². The predicted octanol–water partition coefficient (Wildman–Crippen LogP) is 4.49. The number of carbonyl (C=O) groups is 1. The van der Waals surface area contributed by atoms with Gasteiger partial charge in [-0.25, -0.2) is 4.79 Å². The Hall–Kier alpha value is -2.60. The van der Waals surface area contributed by atoms with E-state index in [9.17, 15) is 4.79 Å². The minimum absolute atomic E-state index is 0.284. The molecule has 0 aliphatic carbocycles. The fraction of sp³-hybridized carbons (Fsp3) is 0.0588. The van der Waals surface area contributed by atoms with Gasteiger partial charge in [0.1, 0.15) is 5.69 Å². The van der Waals surface area contributed by atoms with Crippen LogP contribution in [-0.2, 0) is 7.05 Å². The summed E-state index contributed by atoms with van der Waals surface area (Å²) in [6.45, 7) is 0. The van der Waals surface area contributed by atoms with Crippen LogP contribution in [0.4, 0.5) is 16.2 Å². The smallest absolute Gasteiger partial charge is 0.308 e. The van der Waals surface area contributed by atoms with Crippen molar-refractivity contribution in [2.75, 3.05) is 10.6 Å². The highest BCUT2D eigenvalue weighted by Crippen LogP contribution is 2.28. The molecular weight excluding hydrogens is 356 g/mol. The van der Waals surface area contributed by atoms with Crippen molar-refractivity contribution in [3.05, 3.63) is 65.3 Å². The Kier molecular flexibility index (Phi) is 4.43. The zero-order valence-electron chi connectivity index (χ0n) is 12.5. The number of carbonyl (C=O) groups excluding carboxylic acids is 1. The van der Waals surface area contributed by atoms with E-state index in [0.717, 1.165) is 21.4 Å². The van der Waals surface area contributed by atoms with Gasteiger partial charge in [0.25, 0.3) is 0 Å². The SMILES string of the molecule is Cn1cc(Br)c(-c2cccc(NC(=O)Nc3ccccc3)c2)n1. The number of amides is 2. The number of halogens is 1. The summed E-state index contributed by atoms with van der Waals surface area (Å²) in [7, 11) is 1.86. The quantitative estimate of drug-likeness (QED) is 0.713. The van der Waals surface area contributed by atoms with Crippen molar-refractivity contribution in [1.82, 2.24) is 9.78 Å². The van der Waals surface area contributed by atoms with Crippen LogP contribution < -0.4 is 10.6 Å². The molecule has 0 fully saturated rings. The summed E-state index contributed by atoms with van der Waals surface area (Å²) >= 11 is 3.49. The molecule has 2 amide bonds. The number of nitrogens with zero attached hydrogens (tertiary/aromatic N) is 2. The average Bonchev–Trinajstić information content (AvgIpc) is 2.87. The van der Waals surface area contributed by atoms with Crippen LogP contribution in [0.15, 0.2) is 65.3 Å². The zero-order chi connectivity index (χ0) is 16.2. The fourth-order valence-corrected chi connectivity index (χ4v) is 2.82. The standard InChI is InChI=1S/C17H15BrN4O/c1-22-11-15(18)16(21-22)12-6-5-9-14(10-12)20-17(23)19-13-7-3-2-4-8-13/h2-11H,1H3,(H2,19,20,23). The number of rotatable bonds is 3. The third-order valence-electron chi connectivity index (χ3n) is 3.21. The van der Waals surface area contributed by atoms with Crippen LogP contribution in [0.2, 0.25) is 0 Å². The molecule has 6 heteroatoms. The molecule has 0 bridgehead atoms. The number of benzene rings is 2. The van der Waals surface area contributed by atoms with Crippen molar-refractivity contribution in [2.24, 2.45) is 7.05 Å². The maximum atomic E-state index is 12.0. The van der Waals surface area contributed by atoms with Crippen molar-refractivity contribution >= 4 is 33.3 Å². The molecule has 2 N–H and O–H groups in total. The highest BCUT2D eigenvalue weighted by atomic mass is 79.9. The van der Waals surface area contributed by atoms with Crippen LogP contribution in [0.5, 0.6) is 0 Å². The molecule has 1 heterocycles. The van der Waals surface area contributed by atoms with Crippen molar-refractivity contribution in [1.29, 1.82) is 0 Å². The molecule has 5 nitrogen and oxygen atoms in total. The molecule has 0 saturated carbocycles. The molecule has 0 aliphatic rings. The average molecular weight is 371 g/mol. The van der Waals surface area contributed by atoms with E-state index in [0.29, 0.717) is 5.69 Å². The Morgan fingerprint density at radius 3 is 2.43 bits per heavy atom. The van der Waals surface area contributed by atoms with Crippen LogP contribution in [0.25, 0.3) is 11.3 Å². The summed E-state index contributed by atoms with van der Waals surface area (Å²) in [5.41, 5.74) is 3.21. The van der Waals surface area contributed by atoms with Crippen molar-refractivity contribution < 1.29 is 4.79 Å². The van der Waals surface area contributed by atoms with Crippen LogP contribution in [-0.4, -0.2) is 15.8 Å². The van der Waals surface area contributed by atoms with E-state index >= 15 is 0 Å². The van der Waals surface area contributed by atoms with E-state index < -0.39 is 0 Å². The van der Waals surface area contributed by atoms with Gasteiger partial charge in [0.2, 0.25) is 0 Å². The first kappa shape index (κ1) is 15.3. The predicted molar refractivity (Wildman–Crippen MR) is 95.4 cm³/mol. The topological polar surface area (TPSA) is 59.0 Å². The van der Waals surface area contributed by atoms with Gasteiger partial charge >= 0.3 is 6.03 Å². The summed E-state index contributed by atoms with van der Waals surface area (Å²) < 4.78 is 2.65. The van der Waals surface area contributed by atoms with Gasteiger partial charge in [-0.1, -0.05) is 30.3 Å². The number of hydrogen-bond acceptors (Lipinski definition) is 2. The van der Waals surface area contributed by atoms with Gasteiger partial charge in [0, 0.05) is 30.2 Å². The van der Waals surface area contributed by atoms with Crippen molar-refractivity contribution in [3.8, 4) is 11.3 Å². The molecule has 0 atom stereocenters. The lowest BCUT2D eigenvalue weighted by atomic mass is 10.1. The highest BCUT2D eigenvalue weighted by molar-refractivity contribution is 9.10. The lowest BCUT2D eigenvalue weighted by molar-refractivity contribution is 0.262. The normalized spacial score (nSPS) is 10.3.